The number of nitrogens with zero attached hydrogens (tertiary/aromatic N) is 3. The molecule has 0 saturated carbocycles. The lowest BCUT2D eigenvalue weighted by molar-refractivity contribution is -0.384. The molecule has 32 heavy (non-hydrogen) atoms. The number of halogens is 1. The Morgan fingerprint density at radius 1 is 1.09 bits per heavy atom. The molecule has 1 unspecified atom stereocenters. The highest BCUT2D eigenvalue weighted by molar-refractivity contribution is 6.46. The van der Waals surface area contributed by atoms with Crippen LogP contribution in [0.15, 0.2) is 54.1 Å². The summed E-state index contributed by atoms with van der Waals surface area (Å²) in [5.41, 5.74) is 0.661. The molecule has 168 valence electrons. The first-order chi connectivity index (χ1) is 15.3. The molecule has 0 aliphatic carbocycles. The van der Waals surface area contributed by atoms with Gasteiger partial charge < -0.3 is 14.9 Å². The fraction of sp³-hybridized carbons (Fsp3) is 0.304. The zero-order chi connectivity index (χ0) is 23.4. The molecule has 1 aliphatic rings. The third-order valence-corrected chi connectivity index (χ3v) is 5.88. The van der Waals surface area contributed by atoms with Crippen molar-refractivity contribution in [3.05, 3.63) is 80.4 Å². The van der Waals surface area contributed by atoms with Crippen molar-refractivity contribution in [2.75, 3.05) is 26.2 Å². The van der Waals surface area contributed by atoms with Crippen LogP contribution in [0.25, 0.3) is 5.76 Å². The van der Waals surface area contributed by atoms with Crippen LogP contribution >= 0.6 is 11.6 Å². The highest BCUT2D eigenvalue weighted by Gasteiger charge is 2.45. The molecule has 1 aliphatic heterocycles. The Balaban J connectivity index is 2.08. The summed E-state index contributed by atoms with van der Waals surface area (Å²) in [6.07, 6.45) is 0. The van der Waals surface area contributed by atoms with Gasteiger partial charge in [0.1, 0.15) is 5.76 Å². The molecule has 1 atom stereocenters. The number of rotatable bonds is 8. The molecule has 0 aromatic heterocycles. The zero-order valence-corrected chi connectivity index (χ0v) is 18.6. The Labute approximate surface area is 190 Å². The van der Waals surface area contributed by atoms with Gasteiger partial charge in [-0.05, 0) is 42.9 Å². The Hall–Kier alpha value is -3.23. The number of likely N-dealkylation sites (N-methyl/N-ethyl adjacent to an activating group) is 1. The molecule has 1 saturated heterocycles. The topological polar surface area (TPSA) is 104 Å². The summed E-state index contributed by atoms with van der Waals surface area (Å²) in [4.78, 5) is 39.9. The molecule has 9 heteroatoms. The number of hydrogen-bond acceptors (Lipinski definition) is 6. The van der Waals surface area contributed by atoms with Gasteiger partial charge in [0.25, 0.3) is 17.4 Å². The quantitative estimate of drug-likeness (QED) is 0.211. The van der Waals surface area contributed by atoms with Gasteiger partial charge >= 0.3 is 0 Å². The number of non-ortho nitro benzene ring substituents is 1. The molecule has 0 spiro atoms. The number of hydrogen-bond donors (Lipinski definition) is 1. The van der Waals surface area contributed by atoms with E-state index < -0.39 is 22.7 Å². The van der Waals surface area contributed by atoms with Gasteiger partial charge in [0.15, 0.2) is 0 Å². The van der Waals surface area contributed by atoms with Crippen LogP contribution in [0.5, 0.6) is 0 Å². The van der Waals surface area contributed by atoms with Crippen LogP contribution in [0, 0.1) is 10.1 Å². The molecule has 1 amide bonds. The third-order valence-electron chi connectivity index (χ3n) is 5.63. The Morgan fingerprint density at radius 2 is 1.69 bits per heavy atom. The number of nitro benzene ring substituents is 1. The maximum atomic E-state index is 13.0. The van der Waals surface area contributed by atoms with E-state index in [4.69, 9.17) is 11.6 Å². The first-order valence-electron chi connectivity index (χ1n) is 10.3. The maximum Gasteiger partial charge on any atom is 0.295 e. The van der Waals surface area contributed by atoms with Crippen LogP contribution in [-0.4, -0.2) is 57.7 Å². The van der Waals surface area contributed by atoms with E-state index >= 15 is 0 Å². The van der Waals surface area contributed by atoms with Gasteiger partial charge in [-0.2, -0.15) is 0 Å². The fourth-order valence-corrected chi connectivity index (χ4v) is 3.91. The smallest absolute Gasteiger partial charge is 0.295 e. The van der Waals surface area contributed by atoms with Crippen LogP contribution in [0.2, 0.25) is 5.02 Å². The van der Waals surface area contributed by atoms with Gasteiger partial charge in [0.05, 0.1) is 16.5 Å². The summed E-state index contributed by atoms with van der Waals surface area (Å²) in [5.74, 6) is -1.86. The third kappa shape index (κ3) is 4.66. The molecule has 8 nitrogen and oxygen atoms in total. The van der Waals surface area contributed by atoms with Gasteiger partial charge in [0.2, 0.25) is 0 Å². The second-order valence-corrected chi connectivity index (χ2v) is 7.81. The predicted molar refractivity (Wildman–Crippen MR) is 121 cm³/mol. The molecule has 0 radical (unpaired) electrons. The SMILES string of the molecule is CCN(CC)CCN1C(=O)C(=O)/C(=C(/O)c2ccc([N+](=O)[O-])cc2)C1c1ccc(Cl)cc1. The van der Waals surface area contributed by atoms with Crippen LogP contribution in [0.1, 0.15) is 31.0 Å². The van der Waals surface area contributed by atoms with E-state index in [0.29, 0.717) is 23.7 Å². The van der Waals surface area contributed by atoms with E-state index in [0.717, 1.165) is 13.1 Å². The number of carbonyl (C=O) groups excluding carboxylic acids is 2. The lowest BCUT2D eigenvalue weighted by Crippen LogP contribution is -2.38. The van der Waals surface area contributed by atoms with Crippen LogP contribution in [0.3, 0.4) is 0 Å². The summed E-state index contributed by atoms with van der Waals surface area (Å²) in [7, 11) is 0. The largest absolute Gasteiger partial charge is 0.507 e. The average Bonchev–Trinajstić information content (AvgIpc) is 3.04. The number of nitro groups is 1. The highest BCUT2D eigenvalue weighted by atomic mass is 35.5. The normalized spacial score (nSPS) is 17.9. The monoisotopic (exact) mass is 457 g/mol. The second kappa shape index (κ2) is 9.93. The van der Waals surface area contributed by atoms with Gasteiger partial charge in [-0.25, -0.2) is 0 Å². The summed E-state index contributed by atoms with van der Waals surface area (Å²) < 4.78 is 0. The first kappa shape index (κ1) is 23.4. The summed E-state index contributed by atoms with van der Waals surface area (Å²) >= 11 is 6.02. The Bertz CT molecular complexity index is 1050. The number of carbonyl (C=O) groups is 2. The van der Waals surface area contributed by atoms with Gasteiger partial charge in [-0.1, -0.05) is 37.6 Å². The minimum Gasteiger partial charge on any atom is -0.507 e. The second-order valence-electron chi connectivity index (χ2n) is 7.37. The van der Waals surface area contributed by atoms with E-state index in [1.807, 2.05) is 13.8 Å². The minimum atomic E-state index is -0.793. The number of aliphatic hydroxyl groups excluding tert-OH is 1. The Kier molecular flexibility index (Phi) is 7.27. The molecule has 1 fully saturated rings. The van der Waals surface area contributed by atoms with Crippen molar-refractivity contribution in [1.82, 2.24) is 9.80 Å². The highest BCUT2D eigenvalue weighted by Crippen LogP contribution is 2.39. The molecule has 0 bridgehead atoms. The number of amides is 1. The summed E-state index contributed by atoms with van der Waals surface area (Å²) in [6.45, 7) is 6.51. The van der Waals surface area contributed by atoms with E-state index in [1.54, 1.807) is 24.3 Å². The molecule has 1 heterocycles. The summed E-state index contributed by atoms with van der Waals surface area (Å²) in [5, 5.41) is 22.4. The van der Waals surface area contributed by atoms with E-state index in [-0.39, 0.29) is 22.6 Å². The molecule has 2 aromatic carbocycles. The van der Waals surface area contributed by atoms with Crippen molar-refractivity contribution in [2.45, 2.75) is 19.9 Å². The van der Waals surface area contributed by atoms with E-state index in [9.17, 15) is 24.8 Å². The lowest BCUT2D eigenvalue weighted by atomic mass is 9.95. The van der Waals surface area contributed by atoms with Crippen molar-refractivity contribution in [1.29, 1.82) is 0 Å². The molecule has 3 rings (SSSR count). The number of benzene rings is 2. The van der Waals surface area contributed by atoms with Crippen LogP contribution in [0.4, 0.5) is 5.69 Å². The molecule has 1 N–H and O–H groups in total. The van der Waals surface area contributed by atoms with Gasteiger partial charge in [-0.15, -0.1) is 0 Å². The standard InChI is InChI=1S/C23H24ClN3O5/c1-3-25(4-2)13-14-26-20(15-5-9-17(24)10-6-15)19(22(29)23(26)30)21(28)16-7-11-18(12-8-16)27(31)32/h5-12,20,28H,3-4,13-14H2,1-2H3/b21-19+. The number of ketones is 1. The molecular weight excluding hydrogens is 434 g/mol. The zero-order valence-electron chi connectivity index (χ0n) is 17.8. The Morgan fingerprint density at radius 3 is 2.22 bits per heavy atom. The van der Waals surface area contributed by atoms with Crippen molar-refractivity contribution in [2.24, 2.45) is 0 Å². The van der Waals surface area contributed by atoms with Crippen molar-refractivity contribution in [3.63, 3.8) is 0 Å². The fourth-order valence-electron chi connectivity index (χ4n) is 3.79. The van der Waals surface area contributed by atoms with E-state index in [2.05, 4.69) is 4.90 Å². The number of likely N-dealkylation sites (tertiary alicyclic amines) is 1. The van der Waals surface area contributed by atoms with Crippen molar-refractivity contribution < 1.29 is 19.6 Å². The first-order valence-corrected chi connectivity index (χ1v) is 10.7. The van der Waals surface area contributed by atoms with Gasteiger partial charge in [-0.3, -0.25) is 19.7 Å². The van der Waals surface area contributed by atoms with Crippen LogP contribution in [-0.2, 0) is 9.59 Å². The molecule has 2 aromatic rings. The van der Waals surface area contributed by atoms with Crippen molar-refractivity contribution >= 4 is 34.7 Å². The van der Waals surface area contributed by atoms with Gasteiger partial charge in [0, 0.05) is 35.8 Å². The van der Waals surface area contributed by atoms with E-state index in [1.165, 1.54) is 29.2 Å². The maximum absolute atomic E-state index is 13.0. The van der Waals surface area contributed by atoms with Crippen LogP contribution < -0.4 is 0 Å². The minimum absolute atomic E-state index is 0.0503. The predicted octanol–water partition coefficient (Wildman–Crippen LogP) is 4.01. The number of Topliss-reactive ketones (excluding diaryl/α,β-unsaturated/α-hetero) is 1. The number of aliphatic hydroxyl groups is 1. The molecular formula is C23H24ClN3O5. The average molecular weight is 458 g/mol. The summed E-state index contributed by atoms with van der Waals surface area (Å²) in [6, 6.07) is 11.1. The lowest BCUT2D eigenvalue weighted by Gasteiger charge is -2.28. The van der Waals surface area contributed by atoms with Crippen molar-refractivity contribution in [3.8, 4) is 0 Å².